The molecule has 0 aliphatic heterocycles. The number of benzene rings is 2. The SMILES string of the molecule is Cn1c2cc(Oc3cccc(F)n3)ccc2c2cnn(Cc3cccc(N(C(=O)OC(C)(C)C)C(=O)OC(C)(C)C)c3)c(=O)c21. The van der Waals surface area contributed by atoms with Crippen molar-refractivity contribution in [2.45, 2.75) is 59.3 Å². The number of amides is 2. The Morgan fingerprint density at radius 2 is 1.56 bits per heavy atom. The van der Waals surface area contributed by atoms with Crippen LogP contribution in [0.5, 0.6) is 11.6 Å². The number of carbonyl (C=O) groups excluding carboxylic acids is 2. The van der Waals surface area contributed by atoms with Crippen LogP contribution in [-0.2, 0) is 23.1 Å². The molecule has 5 rings (SSSR count). The fourth-order valence-corrected chi connectivity index (χ4v) is 4.75. The van der Waals surface area contributed by atoms with Crippen LogP contribution in [0.25, 0.3) is 21.8 Å². The number of ether oxygens (including phenoxy) is 3. The number of halogens is 1. The first-order chi connectivity index (χ1) is 21.1. The highest BCUT2D eigenvalue weighted by molar-refractivity contribution is 6.09. The number of aryl methyl sites for hydroxylation is 1. The smallest absolute Gasteiger partial charge is 0.424 e. The van der Waals surface area contributed by atoms with Gasteiger partial charge in [0.25, 0.3) is 5.56 Å². The van der Waals surface area contributed by atoms with Crippen molar-refractivity contribution in [3.63, 3.8) is 0 Å². The normalized spacial score (nSPS) is 11.9. The number of anilines is 1. The molecule has 0 N–H and O–H groups in total. The second kappa shape index (κ2) is 11.7. The van der Waals surface area contributed by atoms with Gasteiger partial charge in [-0.1, -0.05) is 18.2 Å². The van der Waals surface area contributed by atoms with Crippen LogP contribution in [0.3, 0.4) is 0 Å². The number of imide groups is 1. The summed E-state index contributed by atoms with van der Waals surface area (Å²) in [6, 6.07) is 16.2. The molecule has 0 aliphatic rings. The van der Waals surface area contributed by atoms with E-state index in [0.717, 1.165) is 10.3 Å². The van der Waals surface area contributed by atoms with E-state index in [1.165, 1.54) is 16.8 Å². The lowest BCUT2D eigenvalue weighted by Crippen LogP contribution is -2.43. The number of hydrogen-bond acceptors (Lipinski definition) is 8. The molecule has 0 radical (unpaired) electrons. The highest BCUT2D eigenvalue weighted by Crippen LogP contribution is 2.31. The summed E-state index contributed by atoms with van der Waals surface area (Å²) in [6.07, 6.45) is -0.166. The molecular weight excluding hydrogens is 581 g/mol. The number of aromatic nitrogens is 4. The molecule has 0 atom stereocenters. The summed E-state index contributed by atoms with van der Waals surface area (Å²) in [6.45, 7) is 10.3. The minimum Gasteiger partial charge on any atom is -0.443 e. The predicted molar refractivity (Wildman–Crippen MR) is 167 cm³/mol. The number of carbonyl (C=O) groups is 2. The van der Waals surface area contributed by atoms with Crippen LogP contribution in [-0.4, -0.2) is 42.7 Å². The average Bonchev–Trinajstić information content (AvgIpc) is 3.20. The monoisotopic (exact) mass is 615 g/mol. The number of fused-ring (bicyclic) bond motifs is 3. The standard InChI is InChI=1S/C33H34FN5O6/c1-32(2,3)44-30(41)39(31(42)45-33(4,5)6)21-11-8-10-20(16-21)19-38-29(40)28-24(18-35-38)23-15-14-22(17-25(23)37(28)7)43-27-13-9-12-26(34)36-27/h8-18H,19H2,1-7H3. The molecule has 0 fully saturated rings. The van der Waals surface area contributed by atoms with Gasteiger partial charge in [-0.2, -0.15) is 19.4 Å². The van der Waals surface area contributed by atoms with Gasteiger partial charge < -0.3 is 18.8 Å². The van der Waals surface area contributed by atoms with Gasteiger partial charge in [0.15, 0.2) is 0 Å². The Morgan fingerprint density at radius 1 is 0.889 bits per heavy atom. The van der Waals surface area contributed by atoms with Crippen LogP contribution in [0.15, 0.2) is 71.7 Å². The summed E-state index contributed by atoms with van der Waals surface area (Å²) >= 11 is 0. The fraction of sp³-hybridized carbons (Fsp3) is 0.303. The van der Waals surface area contributed by atoms with Crippen molar-refractivity contribution in [3.8, 4) is 11.6 Å². The maximum atomic E-state index is 13.7. The molecule has 5 aromatic rings. The third-order valence-electron chi connectivity index (χ3n) is 6.54. The summed E-state index contributed by atoms with van der Waals surface area (Å²) in [5.74, 6) is -0.120. The van der Waals surface area contributed by atoms with Crippen LogP contribution in [0.2, 0.25) is 0 Å². The Morgan fingerprint density at radius 3 is 2.20 bits per heavy atom. The van der Waals surface area contributed by atoms with Crippen molar-refractivity contribution in [1.29, 1.82) is 0 Å². The third kappa shape index (κ3) is 6.95. The summed E-state index contributed by atoms with van der Waals surface area (Å²) in [5, 5.41) is 5.86. The molecule has 11 nitrogen and oxygen atoms in total. The Labute approximate surface area is 258 Å². The van der Waals surface area contributed by atoms with E-state index in [9.17, 15) is 18.8 Å². The highest BCUT2D eigenvalue weighted by atomic mass is 19.1. The Hall–Kier alpha value is -5.26. The van der Waals surface area contributed by atoms with Gasteiger partial charge in [-0.15, -0.1) is 0 Å². The minimum absolute atomic E-state index is 0.0558. The zero-order chi connectivity index (χ0) is 32.7. The van der Waals surface area contributed by atoms with Crippen LogP contribution in [0.1, 0.15) is 47.1 Å². The van der Waals surface area contributed by atoms with Crippen LogP contribution < -0.4 is 15.2 Å². The van der Waals surface area contributed by atoms with E-state index in [1.54, 1.807) is 102 Å². The first-order valence-corrected chi connectivity index (χ1v) is 14.2. The number of rotatable bonds is 5. The quantitative estimate of drug-likeness (QED) is 0.195. The molecule has 0 saturated carbocycles. The highest BCUT2D eigenvalue weighted by Gasteiger charge is 2.32. The van der Waals surface area contributed by atoms with Gasteiger partial charge in [0.05, 0.1) is 23.9 Å². The van der Waals surface area contributed by atoms with E-state index in [4.69, 9.17) is 14.2 Å². The predicted octanol–water partition coefficient (Wildman–Crippen LogP) is 6.94. The van der Waals surface area contributed by atoms with E-state index in [0.29, 0.717) is 27.7 Å². The summed E-state index contributed by atoms with van der Waals surface area (Å²) in [4.78, 5) is 44.5. The molecule has 0 spiro atoms. The summed E-state index contributed by atoms with van der Waals surface area (Å²) in [7, 11) is 1.76. The first kappa shape index (κ1) is 31.2. The second-order valence-corrected chi connectivity index (χ2v) is 12.5. The molecule has 3 heterocycles. The minimum atomic E-state index is -0.891. The van der Waals surface area contributed by atoms with E-state index >= 15 is 0 Å². The van der Waals surface area contributed by atoms with Crippen molar-refractivity contribution in [2.24, 2.45) is 7.05 Å². The molecular formula is C33H34FN5O6. The number of nitrogens with zero attached hydrogens (tertiary/aromatic N) is 5. The Bertz CT molecular complexity index is 1960. The van der Waals surface area contributed by atoms with Gasteiger partial charge >= 0.3 is 12.2 Å². The lowest BCUT2D eigenvalue weighted by atomic mass is 10.1. The van der Waals surface area contributed by atoms with E-state index in [1.807, 2.05) is 6.07 Å². The topological polar surface area (TPSA) is 118 Å². The summed E-state index contributed by atoms with van der Waals surface area (Å²) < 4.78 is 33.3. The third-order valence-corrected chi connectivity index (χ3v) is 6.54. The lowest BCUT2D eigenvalue weighted by molar-refractivity contribution is 0.0430. The van der Waals surface area contributed by atoms with Gasteiger partial charge in [0.2, 0.25) is 11.8 Å². The molecule has 0 unspecified atom stereocenters. The first-order valence-electron chi connectivity index (χ1n) is 14.2. The van der Waals surface area contributed by atoms with Crippen molar-refractivity contribution < 1.29 is 28.2 Å². The molecule has 0 saturated heterocycles. The molecule has 2 aromatic carbocycles. The van der Waals surface area contributed by atoms with Gasteiger partial charge in [0, 0.05) is 30.0 Å². The Balaban J connectivity index is 1.48. The number of hydrogen-bond donors (Lipinski definition) is 0. The van der Waals surface area contributed by atoms with Gasteiger partial charge in [0.1, 0.15) is 22.5 Å². The largest absolute Gasteiger partial charge is 0.443 e. The molecule has 0 aliphatic carbocycles. The molecule has 12 heteroatoms. The second-order valence-electron chi connectivity index (χ2n) is 12.5. The van der Waals surface area contributed by atoms with Crippen LogP contribution in [0.4, 0.5) is 19.7 Å². The zero-order valence-electron chi connectivity index (χ0n) is 26.1. The van der Waals surface area contributed by atoms with Crippen molar-refractivity contribution in [1.82, 2.24) is 19.3 Å². The lowest BCUT2D eigenvalue weighted by Gasteiger charge is -2.28. The van der Waals surface area contributed by atoms with Gasteiger partial charge in [-0.3, -0.25) is 4.79 Å². The van der Waals surface area contributed by atoms with Gasteiger partial charge in [-0.25, -0.2) is 14.3 Å². The summed E-state index contributed by atoms with van der Waals surface area (Å²) in [5.41, 5.74) is -0.107. The zero-order valence-corrected chi connectivity index (χ0v) is 26.1. The van der Waals surface area contributed by atoms with E-state index < -0.39 is 29.3 Å². The number of pyridine rings is 1. The molecule has 2 amide bonds. The van der Waals surface area contributed by atoms with Crippen molar-refractivity contribution >= 4 is 39.7 Å². The van der Waals surface area contributed by atoms with Crippen LogP contribution in [0, 0.1) is 5.95 Å². The molecule has 3 aromatic heterocycles. The maximum absolute atomic E-state index is 13.7. The average molecular weight is 616 g/mol. The molecule has 0 bridgehead atoms. The van der Waals surface area contributed by atoms with E-state index in [-0.39, 0.29) is 23.7 Å². The maximum Gasteiger partial charge on any atom is 0.424 e. The van der Waals surface area contributed by atoms with Crippen molar-refractivity contribution in [2.75, 3.05) is 4.90 Å². The fourth-order valence-electron chi connectivity index (χ4n) is 4.75. The Kier molecular flexibility index (Phi) is 8.09. The van der Waals surface area contributed by atoms with Gasteiger partial charge in [-0.05, 0) is 77.4 Å². The molecule has 234 valence electrons. The van der Waals surface area contributed by atoms with Crippen molar-refractivity contribution in [3.05, 3.63) is 88.7 Å². The molecule has 45 heavy (non-hydrogen) atoms. The van der Waals surface area contributed by atoms with Crippen LogP contribution >= 0.6 is 0 Å². The van der Waals surface area contributed by atoms with E-state index in [2.05, 4.69) is 10.1 Å².